The molecule has 0 aromatic carbocycles. The van der Waals surface area contributed by atoms with Crippen LogP contribution in [0.25, 0.3) is 0 Å². The average Bonchev–Trinajstić information content (AvgIpc) is 3.37. The van der Waals surface area contributed by atoms with Crippen molar-refractivity contribution in [1.82, 2.24) is 5.32 Å². The molecule has 0 saturated carbocycles. The molecule has 9 heteroatoms. The van der Waals surface area contributed by atoms with Gasteiger partial charge in [-0.15, -0.1) is 0 Å². The molecule has 1 saturated heterocycles. The van der Waals surface area contributed by atoms with Gasteiger partial charge in [0.25, 0.3) is 0 Å². The van der Waals surface area contributed by atoms with Crippen LogP contribution in [0.4, 0.5) is 0 Å². The molecular formula is C62H111NO8. The first-order chi connectivity index (χ1) is 34.8. The Balaban J connectivity index is 2.23. The number of aliphatic hydroxyl groups is 5. The Morgan fingerprint density at radius 3 is 1.35 bits per heavy atom. The lowest BCUT2D eigenvalue weighted by Crippen LogP contribution is -2.60. The maximum absolute atomic E-state index is 13.1. The van der Waals surface area contributed by atoms with Crippen molar-refractivity contribution in [3.8, 4) is 0 Å². The minimum atomic E-state index is -1.57. The van der Waals surface area contributed by atoms with E-state index < -0.39 is 49.5 Å². The van der Waals surface area contributed by atoms with Crippen LogP contribution in [0.2, 0.25) is 0 Å². The van der Waals surface area contributed by atoms with Crippen LogP contribution in [0.15, 0.2) is 72.9 Å². The van der Waals surface area contributed by atoms with Gasteiger partial charge in [-0.25, -0.2) is 0 Å². The van der Waals surface area contributed by atoms with E-state index >= 15 is 0 Å². The van der Waals surface area contributed by atoms with E-state index in [0.29, 0.717) is 6.42 Å². The van der Waals surface area contributed by atoms with Crippen molar-refractivity contribution in [2.24, 2.45) is 0 Å². The number of allylic oxidation sites excluding steroid dienone is 11. The van der Waals surface area contributed by atoms with Gasteiger partial charge in [0.1, 0.15) is 24.4 Å². The Morgan fingerprint density at radius 2 is 0.887 bits per heavy atom. The summed E-state index contributed by atoms with van der Waals surface area (Å²) in [4.78, 5) is 13.1. The van der Waals surface area contributed by atoms with Gasteiger partial charge in [0.15, 0.2) is 6.29 Å². The van der Waals surface area contributed by atoms with Gasteiger partial charge in [-0.3, -0.25) is 4.79 Å². The molecule has 1 aliphatic rings. The van der Waals surface area contributed by atoms with E-state index in [1.807, 2.05) is 6.08 Å². The fourth-order valence-electron chi connectivity index (χ4n) is 9.11. The summed E-state index contributed by atoms with van der Waals surface area (Å²) in [6.45, 7) is 3.67. The lowest BCUT2D eigenvalue weighted by atomic mass is 9.99. The molecule has 9 nitrogen and oxygen atoms in total. The van der Waals surface area contributed by atoms with Crippen LogP contribution in [-0.2, 0) is 14.3 Å². The number of nitrogens with one attached hydrogen (secondary N) is 1. The van der Waals surface area contributed by atoms with E-state index in [1.54, 1.807) is 6.08 Å². The number of carbonyl (C=O) groups excluding carboxylic acids is 1. The van der Waals surface area contributed by atoms with Gasteiger partial charge in [-0.05, 0) is 70.6 Å². The van der Waals surface area contributed by atoms with Crippen LogP contribution in [0.1, 0.15) is 258 Å². The molecule has 7 atom stereocenters. The summed E-state index contributed by atoms with van der Waals surface area (Å²) in [6.07, 6.45) is 64.0. The number of carbonyl (C=O) groups is 1. The zero-order valence-corrected chi connectivity index (χ0v) is 45.7. The number of amides is 1. The zero-order valence-electron chi connectivity index (χ0n) is 45.7. The van der Waals surface area contributed by atoms with Crippen LogP contribution in [0, 0.1) is 0 Å². The predicted molar refractivity (Wildman–Crippen MR) is 299 cm³/mol. The normalized spacial score (nSPS) is 19.8. The van der Waals surface area contributed by atoms with Crippen molar-refractivity contribution in [2.45, 2.75) is 301 Å². The first kappa shape index (κ1) is 66.6. The van der Waals surface area contributed by atoms with Crippen molar-refractivity contribution in [1.29, 1.82) is 0 Å². The molecule has 0 radical (unpaired) electrons. The van der Waals surface area contributed by atoms with Gasteiger partial charge < -0.3 is 40.3 Å². The SMILES string of the molecule is CC/C=C\C/C=C\C/C=C\C/C=C\CCCCCCCCCCCCCCCCC(=O)NC(COC1OC(CO)C(O)C(O)C1O)C(O)/C=C/CC/C=C/CCCCCCCCCCCCCCCCC. The van der Waals surface area contributed by atoms with Crippen molar-refractivity contribution in [3.63, 3.8) is 0 Å². The molecule has 1 heterocycles. The maximum Gasteiger partial charge on any atom is 0.220 e. The smallest absolute Gasteiger partial charge is 0.220 e. The first-order valence-electron chi connectivity index (χ1n) is 29.7. The van der Waals surface area contributed by atoms with Gasteiger partial charge >= 0.3 is 0 Å². The second-order valence-corrected chi connectivity index (χ2v) is 20.4. The summed E-state index contributed by atoms with van der Waals surface area (Å²) in [5, 5.41) is 54.5. The molecule has 6 N–H and O–H groups in total. The number of hydrogen-bond donors (Lipinski definition) is 6. The predicted octanol–water partition coefficient (Wildman–Crippen LogP) is 14.8. The Morgan fingerprint density at radius 1 is 0.493 bits per heavy atom. The van der Waals surface area contributed by atoms with Crippen molar-refractivity contribution >= 4 is 5.91 Å². The van der Waals surface area contributed by atoms with Gasteiger partial charge in [0, 0.05) is 6.42 Å². The quantitative estimate of drug-likeness (QED) is 0.0261. The third kappa shape index (κ3) is 40.7. The fraction of sp³-hybridized carbons (Fsp3) is 0.790. The molecule has 1 aliphatic heterocycles. The maximum atomic E-state index is 13.1. The van der Waals surface area contributed by atoms with Crippen LogP contribution < -0.4 is 5.32 Å². The van der Waals surface area contributed by atoms with Crippen LogP contribution in [-0.4, -0.2) is 87.5 Å². The summed E-state index contributed by atoms with van der Waals surface area (Å²) in [5.41, 5.74) is 0. The zero-order chi connectivity index (χ0) is 51.5. The average molecular weight is 999 g/mol. The highest BCUT2D eigenvalue weighted by Gasteiger charge is 2.44. The second-order valence-electron chi connectivity index (χ2n) is 20.4. The molecule has 0 spiro atoms. The topological polar surface area (TPSA) is 149 Å². The molecule has 0 aliphatic carbocycles. The number of ether oxygens (including phenoxy) is 2. The monoisotopic (exact) mass is 998 g/mol. The van der Waals surface area contributed by atoms with E-state index in [-0.39, 0.29) is 12.5 Å². The molecule has 412 valence electrons. The molecule has 1 rings (SSSR count). The Labute approximate surface area is 436 Å². The van der Waals surface area contributed by atoms with Crippen molar-refractivity contribution in [3.05, 3.63) is 72.9 Å². The summed E-state index contributed by atoms with van der Waals surface area (Å²) in [6, 6.07) is -0.826. The molecule has 71 heavy (non-hydrogen) atoms. The third-order valence-corrected chi connectivity index (χ3v) is 13.8. The van der Waals surface area contributed by atoms with E-state index in [9.17, 15) is 30.3 Å². The van der Waals surface area contributed by atoms with E-state index in [4.69, 9.17) is 9.47 Å². The number of rotatable bonds is 50. The second kappa shape index (κ2) is 51.1. The Bertz CT molecular complexity index is 1340. The van der Waals surface area contributed by atoms with Crippen LogP contribution >= 0.6 is 0 Å². The summed E-state index contributed by atoms with van der Waals surface area (Å²) < 4.78 is 11.3. The highest BCUT2D eigenvalue weighted by atomic mass is 16.7. The molecule has 0 bridgehead atoms. The van der Waals surface area contributed by atoms with Gasteiger partial charge in [0.05, 0.1) is 25.4 Å². The van der Waals surface area contributed by atoms with Crippen molar-refractivity contribution < 1.29 is 39.8 Å². The lowest BCUT2D eigenvalue weighted by molar-refractivity contribution is -0.302. The largest absolute Gasteiger partial charge is 0.394 e. The number of aliphatic hydroxyl groups excluding tert-OH is 5. The standard InChI is InChI=1S/C62H111NO8/c1-3-5-7-9-11-13-15-17-19-21-23-25-26-27-28-29-30-32-34-36-38-40-42-44-46-48-50-52-58(66)63-55(54-70-62-61(69)60(68)59(67)57(53-64)71-62)56(65)51-49-47-45-43-41-39-37-35-33-31-24-22-20-18-16-14-12-10-8-6-4-2/h5,7,11,13,17,19,23,25,41,43,49,51,55-57,59-62,64-65,67-69H,3-4,6,8-10,12,14-16,18,20-22,24,26-40,42,44-48,50,52-54H2,1-2H3,(H,63,66)/b7-5-,13-11-,19-17-,25-23-,43-41+,51-49+. The van der Waals surface area contributed by atoms with Crippen LogP contribution in [0.5, 0.6) is 0 Å². The van der Waals surface area contributed by atoms with E-state index in [2.05, 4.69) is 79.9 Å². The minimum absolute atomic E-state index is 0.188. The highest BCUT2D eigenvalue weighted by molar-refractivity contribution is 5.76. The van der Waals surface area contributed by atoms with Crippen LogP contribution in [0.3, 0.4) is 0 Å². The highest BCUT2D eigenvalue weighted by Crippen LogP contribution is 2.23. The molecule has 0 aromatic heterocycles. The molecule has 1 amide bonds. The molecular weight excluding hydrogens is 887 g/mol. The molecule has 7 unspecified atom stereocenters. The number of hydrogen-bond acceptors (Lipinski definition) is 8. The molecule has 1 fully saturated rings. The van der Waals surface area contributed by atoms with Gasteiger partial charge in [-0.2, -0.15) is 0 Å². The molecule has 0 aromatic rings. The lowest BCUT2D eigenvalue weighted by Gasteiger charge is -2.40. The number of unbranched alkanes of at least 4 members (excludes halogenated alkanes) is 30. The fourth-order valence-corrected chi connectivity index (χ4v) is 9.11. The summed E-state index contributed by atoms with van der Waals surface area (Å²) in [5.74, 6) is -0.188. The first-order valence-corrected chi connectivity index (χ1v) is 29.7. The summed E-state index contributed by atoms with van der Waals surface area (Å²) >= 11 is 0. The van der Waals surface area contributed by atoms with Gasteiger partial charge in [-0.1, -0.05) is 254 Å². The Kier molecular flexibility index (Phi) is 48.0. The Hall–Kier alpha value is -2.37. The van der Waals surface area contributed by atoms with E-state index in [0.717, 1.165) is 64.2 Å². The third-order valence-electron chi connectivity index (χ3n) is 13.8. The van der Waals surface area contributed by atoms with Crippen molar-refractivity contribution in [2.75, 3.05) is 13.2 Å². The summed E-state index contributed by atoms with van der Waals surface area (Å²) in [7, 11) is 0. The van der Waals surface area contributed by atoms with Gasteiger partial charge in [0.2, 0.25) is 5.91 Å². The minimum Gasteiger partial charge on any atom is -0.394 e. The van der Waals surface area contributed by atoms with E-state index in [1.165, 1.54) is 173 Å².